The van der Waals surface area contributed by atoms with Crippen LogP contribution in [0.1, 0.15) is 69.9 Å². The van der Waals surface area contributed by atoms with Crippen molar-refractivity contribution in [3.05, 3.63) is 74.2 Å². The van der Waals surface area contributed by atoms with Crippen LogP contribution in [0, 0.1) is 0 Å². The minimum absolute atomic E-state index is 0.176. The van der Waals surface area contributed by atoms with E-state index in [9.17, 15) is 14.4 Å². The molecule has 39 heavy (non-hydrogen) atoms. The number of carbonyl (C=O) groups is 3. The highest BCUT2D eigenvalue weighted by Crippen LogP contribution is 2.27. The largest absolute Gasteiger partial charge is 0.456 e. The summed E-state index contributed by atoms with van der Waals surface area (Å²) >= 11 is 7.31. The molecule has 2 amide bonds. The van der Waals surface area contributed by atoms with Crippen LogP contribution in [0.15, 0.2) is 42.5 Å². The maximum absolute atomic E-state index is 13.3. The number of rotatable bonds is 7. The predicted octanol–water partition coefficient (Wildman–Crippen LogP) is 5.95. The first kappa shape index (κ1) is 28.7. The lowest BCUT2D eigenvalue weighted by atomic mass is 10.0. The van der Waals surface area contributed by atoms with Gasteiger partial charge in [-0.1, -0.05) is 17.7 Å². The molecule has 8 nitrogen and oxygen atoms in total. The second-order valence-corrected chi connectivity index (χ2v) is 12.1. The van der Waals surface area contributed by atoms with Gasteiger partial charge in [-0.25, -0.2) is 9.78 Å². The number of thiazole rings is 1. The van der Waals surface area contributed by atoms with E-state index in [1.807, 2.05) is 0 Å². The number of ether oxygens (including phenoxy) is 1. The zero-order valence-electron chi connectivity index (χ0n) is 22.6. The summed E-state index contributed by atoms with van der Waals surface area (Å²) in [6.07, 6.45) is 2.36. The van der Waals surface area contributed by atoms with Crippen LogP contribution in [-0.4, -0.2) is 46.9 Å². The Morgan fingerprint density at radius 1 is 1.10 bits per heavy atom. The molecule has 4 rings (SSSR count). The van der Waals surface area contributed by atoms with E-state index < -0.39 is 11.6 Å². The van der Waals surface area contributed by atoms with Gasteiger partial charge in [0, 0.05) is 34.2 Å². The van der Waals surface area contributed by atoms with Gasteiger partial charge in [0.25, 0.3) is 5.91 Å². The van der Waals surface area contributed by atoms with E-state index in [0.717, 1.165) is 42.1 Å². The molecule has 2 aromatic carbocycles. The van der Waals surface area contributed by atoms with Crippen molar-refractivity contribution in [2.75, 3.05) is 24.2 Å². The number of hydrogen-bond donors (Lipinski definition) is 2. The highest BCUT2D eigenvalue weighted by atomic mass is 35.5. The number of halogens is 1. The maximum Gasteiger partial charge on any atom is 0.338 e. The van der Waals surface area contributed by atoms with Crippen molar-refractivity contribution in [1.29, 1.82) is 0 Å². The SMILES string of the molecule is CN1CCCc2nc(C(=O)Nc3cc(C(=O)OC(C)(C)C)ccc3CCC(=O)Nc3ccc(Cl)cc3)sc2C1. The molecule has 0 saturated carbocycles. The summed E-state index contributed by atoms with van der Waals surface area (Å²) in [6.45, 7) is 7.15. The monoisotopic (exact) mass is 568 g/mol. The Kier molecular flexibility index (Phi) is 9.04. The van der Waals surface area contributed by atoms with Crippen molar-refractivity contribution in [1.82, 2.24) is 9.88 Å². The Bertz CT molecular complexity index is 1360. The van der Waals surface area contributed by atoms with Crippen molar-refractivity contribution >= 4 is 52.1 Å². The fraction of sp³-hybridized carbons (Fsp3) is 0.379. The quantitative estimate of drug-likeness (QED) is 0.341. The average Bonchev–Trinajstić information content (AvgIpc) is 3.17. The van der Waals surface area contributed by atoms with Crippen LogP contribution in [0.4, 0.5) is 11.4 Å². The van der Waals surface area contributed by atoms with Gasteiger partial charge >= 0.3 is 5.97 Å². The van der Waals surface area contributed by atoms with Crippen LogP contribution < -0.4 is 10.6 Å². The van der Waals surface area contributed by atoms with Crippen molar-refractivity contribution in [2.45, 2.75) is 58.6 Å². The van der Waals surface area contributed by atoms with E-state index in [1.54, 1.807) is 63.2 Å². The van der Waals surface area contributed by atoms with E-state index in [4.69, 9.17) is 16.3 Å². The fourth-order valence-electron chi connectivity index (χ4n) is 4.20. The number of nitrogens with zero attached hydrogens (tertiary/aromatic N) is 2. The molecule has 2 heterocycles. The molecule has 0 saturated heterocycles. The van der Waals surface area contributed by atoms with Gasteiger partial charge in [0.05, 0.1) is 11.3 Å². The van der Waals surface area contributed by atoms with E-state index in [0.29, 0.717) is 33.4 Å². The Hall–Kier alpha value is -3.27. The van der Waals surface area contributed by atoms with Crippen molar-refractivity contribution in [3.8, 4) is 0 Å². The van der Waals surface area contributed by atoms with Gasteiger partial charge in [0.15, 0.2) is 5.01 Å². The lowest BCUT2D eigenvalue weighted by molar-refractivity contribution is -0.116. The normalized spacial score (nSPS) is 13.8. The maximum atomic E-state index is 13.3. The van der Waals surface area contributed by atoms with Gasteiger partial charge < -0.3 is 20.3 Å². The van der Waals surface area contributed by atoms with Crippen LogP contribution >= 0.6 is 22.9 Å². The van der Waals surface area contributed by atoms with Gasteiger partial charge in [-0.15, -0.1) is 11.3 Å². The number of amides is 2. The van der Waals surface area contributed by atoms with E-state index >= 15 is 0 Å². The Labute approximate surface area is 237 Å². The lowest BCUT2D eigenvalue weighted by Gasteiger charge is -2.20. The number of hydrogen-bond acceptors (Lipinski definition) is 7. The third kappa shape index (κ3) is 8.11. The van der Waals surface area contributed by atoms with Gasteiger partial charge in [0.2, 0.25) is 5.91 Å². The highest BCUT2D eigenvalue weighted by molar-refractivity contribution is 7.13. The number of aromatic nitrogens is 1. The van der Waals surface area contributed by atoms with Gasteiger partial charge in [-0.3, -0.25) is 9.59 Å². The van der Waals surface area contributed by atoms with E-state index in [2.05, 4.69) is 27.6 Å². The molecule has 0 atom stereocenters. The molecule has 206 valence electrons. The molecule has 0 spiro atoms. The number of nitrogens with one attached hydrogen (secondary N) is 2. The van der Waals surface area contributed by atoms with E-state index in [1.165, 1.54) is 11.3 Å². The summed E-state index contributed by atoms with van der Waals surface area (Å²) < 4.78 is 5.52. The number of esters is 1. The van der Waals surface area contributed by atoms with Crippen molar-refractivity contribution in [2.24, 2.45) is 0 Å². The van der Waals surface area contributed by atoms with Gasteiger partial charge in [-0.05, 0) is 95.6 Å². The number of aryl methyl sites for hydroxylation is 2. The minimum Gasteiger partial charge on any atom is -0.456 e. The minimum atomic E-state index is -0.662. The van der Waals surface area contributed by atoms with Crippen molar-refractivity contribution in [3.63, 3.8) is 0 Å². The molecule has 1 aliphatic heterocycles. The Morgan fingerprint density at radius 3 is 2.56 bits per heavy atom. The molecule has 10 heteroatoms. The second-order valence-electron chi connectivity index (χ2n) is 10.6. The average molecular weight is 569 g/mol. The topological polar surface area (TPSA) is 101 Å². The van der Waals surface area contributed by atoms with Gasteiger partial charge in [0.1, 0.15) is 5.60 Å². The first-order chi connectivity index (χ1) is 18.5. The number of anilines is 2. The molecular formula is C29H33ClN4O4S. The zero-order valence-corrected chi connectivity index (χ0v) is 24.2. The first-order valence-electron chi connectivity index (χ1n) is 12.9. The van der Waals surface area contributed by atoms with Crippen LogP contribution in [0.25, 0.3) is 0 Å². The van der Waals surface area contributed by atoms with Gasteiger partial charge in [-0.2, -0.15) is 0 Å². The summed E-state index contributed by atoms with van der Waals surface area (Å²) in [7, 11) is 2.06. The van der Waals surface area contributed by atoms with E-state index in [-0.39, 0.29) is 18.2 Å². The number of carbonyl (C=O) groups excluding carboxylic acids is 3. The molecule has 0 aliphatic carbocycles. The van der Waals surface area contributed by atoms with Crippen LogP contribution in [0.2, 0.25) is 5.02 Å². The van der Waals surface area contributed by atoms with Crippen LogP contribution in [-0.2, 0) is 28.9 Å². The second kappa shape index (κ2) is 12.3. The summed E-state index contributed by atoms with van der Waals surface area (Å²) in [6, 6.07) is 11.9. The van der Waals surface area contributed by atoms with Crippen LogP contribution in [0.5, 0.6) is 0 Å². The summed E-state index contributed by atoms with van der Waals surface area (Å²) in [5.74, 6) is -1.02. The number of benzene rings is 2. The standard InChI is InChI=1S/C29H33ClN4O4S/c1-29(2,3)38-28(37)19-8-7-18(9-14-25(35)31-21-12-10-20(30)11-13-21)23(16-19)32-26(36)27-33-22-6-5-15-34(4)17-24(22)39-27/h7-8,10-13,16H,5-6,9,14-15,17H2,1-4H3,(H,31,35)(H,32,36). The Balaban J connectivity index is 1.53. The third-order valence-corrected chi connectivity index (χ3v) is 7.41. The summed E-state index contributed by atoms with van der Waals surface area (Å²) in [5.41, 5.74) is 2.43. The van der Waals surface area contributed by atoms with Crippen LogP contribution in [0.3, 0.4) is 0 Å². The third-order valence-electron chi connectivity index (χ3n) is 6.08. The summed E-state index contributed by atoms with van der Waals surface area (Å²) in [4.78, 5) is 46.6. The molecule has 3 aromatic rings. The molecule has 2 N–H and O–H groups in total. The molecule has 1 aromatic heterocycles. The fourth-order valence-corrected chi connectivity index (χ4v) is 5.40. The molecule has 0 radical (unpaired) electrons. The molecular weight excluding hydrogens is 536 g/mol. The zero-order chi connectivity index (χ0) is 28.2. The smallest absolute Gasteiger partial charge is 0.338 e. The lowest BCUT2D eigenvalue weighted by Crippen LogP contribution is -2.24. The molecule has 0 fully saturated rings. The molecule has 0 bridgehead atoms. The highest BCUT2D eigenvalue weighted by Gasteiger charge is 2.23. The predicted molar refractivity (Wildman–Crippen MR) is 155 cm³/mol. The first-order valence-corrected chi connectivity index (χ1v) is 14.1. The summed E-state index contributed by atoms with van der Waals surface area (Å²) in [5, 5.41) is 6.75. The Morgan fingerprint density at radius 2 is 1.85 bits per heavy atom. The molecule has 0 unspecified atom stereocenters. The van der Waals surface area contributed by atoms with Crippen molar-refractivity contribution < 1.29 is 19.1 Å². The molecule has 1 aliphatic rings. The number of fused-ring (bicyclic) bond motifs is 1.